The van der Waals surface area contributed by atoms with Gasteiger partial charge in [-0.25, -0.2) is 4.39 Å². The molecule has 106 valence electrons. The maximum Gasteiger partial charge on any atom is 0.129 e. The first-order valence-electron chi connectivity index (χ1n) is 6.90. The summed E-state index contributed by atoms with van der Waals surface area (Å²) in [6.45, 7) is 1.81. The lowest BCUT2D eigenvalue weighted by Crippen LogP contribution is -2.35. The smallest absolute Gasteiger partial charge is 0.129 e. The van der Waals surface area contributed by atoms with Crippen LogP contribution in [-0.4, -0.2) is 11.2 Å². The molecule has 1 aliphatic rings. The summed E-state index contributed by atoms with van der Waals surface area (Å²) in [5.41, 5.74) is 7.10. The third kappa shape index (κ3) is 3.10. The minimum atomic E-state index is -0.754. The number of hydrogen-bond donors (Lipinski definition) is 2. The molecule has 1 aromatic rings. The first kappa shape index (κ1) is 14.8. The molecule has 0 aromatic heterocycles. The summed E-state index contributed by atoms with van der Waals surface area (Å²) < 4.78 is 13.9. The molecule has 3 N–H and O–H groups in total. The summed E-state index contributed by atoms with van der Waals surface area (Å²) in [5, 5.41) is 10.7. The second-order valence-electron chi connectivity index (χ2n) is 5.51. The molecule has 0 radical (unpaired) electrons. The fourth-order valence-electron chi connectivity index (χ4n) is 2.92. The highest BCUT2D eigenvalue weighted by atomic mass is 35.5. The van der Waals surface area contributed by atoms with Crippen LogP contribution in [-0.2, 0) is 0 Å². The summed E-state index contributed by atoms with van der Waals surface area (Å²) in [7, 11) is 0. The van der Waals surface area contributed by atoms with Gasteiger partial charge in [0.25, 0.3) is 0 Å². The van der Waals surface area contributed by atoms with Crippen LogP contribution in [0.3, 0.4) is 0 Å². The van der Waals surface area contributed by atoms with Gasteiger partial charge >= 0.3 is 0 Å². The predicted molar refractivity (Wildman–Crippen MR) is 75.7 cm³/mol. The topological polar surface area (TPSA) is 46.2 Å². The van der Waals surface area contributed by atoms with Crippen molar-refractivity contribution in [3.8, 4) is 0 Å². The summed E-state index contributed by atoms with van der Waals surface area (Å²) in [4.78, 5) is 0. The molecule has 19 heavy (non-hydrogen) atoms. The van der Waals surface area contributed by atoms with Gasteiger partial charge in [0.1, 0.15) is 5.82 Å². The lowest BCUT2D eigenvalue weighted by Gasteiger charge is -2.31. The monoisotopic (exact) mass is 285 g/mol. The molecule has 1 aromatic carbocycles. The van der Waals surface area contributed by atoms with E-state index in [1.807, 2.05) is 6.92 Å². The number of nitrogens with two attached hydrogens (primary N) is 1. The molecule has 1 aliphatic carbocycles. The van der Waals surface area contributed by atoms with Crippen molar-refractivity contribution in [3.63, 3.8) is 0 Å². The zero-order valence-corrected chi connectivity index (χ0v) is 12.0. The maximum absolute atomic E-state index is 13.9. The quantitative estimate of drug-likeness (QED) is 0.889. The highest BCUT2D eigenvalue weighted by Crippen LogP contribution is 2.35. The number of hydrogen-bond acceptors (Lipinski definition) is 2. The van der Waals surface area contributed by atoms with E-state index in [1.165, 1.54) is 12.5 Å². The van der Waals surface area contributed by atoms with E-state index in [0.29, 0.717) is 5.02 Å². The fraction of sp³-hybridized carbons (Fsp3) is 0.600. The van der Waals surface area contributed by atoms with E-state index in [2.05, 4.69) is 0 Å². The van der Waals surface area contributed by atoms with Crippen LogP contribution >= 0.6 is 11.6 Å². The third-order valence-electron chi connectivity index (χ3n) is 4.15. The van der Waals surface area contributed by atoms with Crippen molar-refractivity contribution < 1.29 is 9.50 Å². The maximum atomic E-state index is 13.9. The van der Waals surface area contributed by atoms with Crippen molar-refractivity contribution in [1.82, 2.24) is 0 Å². The molecule has 4 heteroatoms. The number of aliphatic hydroxyl groups is 1. The Labute approximate surface area is 118 Å². The van der Waals surface area contributed by atoms with E-state index in [0.717, 1.165) is 31.2 Å². The Balaban J connectivity index is 2.23. The number of benzene rings is 1. The third-order valence-corrected chi connectivity index (χ3v) is 4.66. The van der Waals surface area contributed by atoms with Crippen molar-refractivity contribution >= 4 is 11.6 Å². The average molecular weight is 286 g/mol. The normalized spacial score (nSPS) is 20.3. The van der Waals surface area contributed by atoms with Gasteiger partial charge < -0.3 is 10.8 Å². The minimum Gasteiger partial charge on any atom is -0.391 e. The zero-order chi connectivity index (χ0) is 14.0. The second-order valence-corrected chi connectivity index (χ2v) is 5.88. The largest absolute Gasteiger partial charge is 0.391 e. The molecule has 1 fully saturated rings. The summed E-state index contributed by atoms with van der Waals surface area (Å²) >= 11 is 6.15. The van der Waals surface area contributed by atoms with Gasteiger partial charge in [0.2, 0.25) is 0 Å². The Morgan fingerprint density at radius 2 is 1.95 bits per heavy atom. The molecule has 2 rings (SSSR count). The second kappa shape index (κ2) is 6.21. The Morgan fingerprint density at radius 1 is 1.32 bits per heavy atom. The van der Waals surface area contributed by atoms with E-state index < -0.39 is 18.0 Å². The van der Waals surface area contributed by atoms with E-state index in [4.69, 9.17) is 17.3 Å². The van der Waals surface area contributed by atoms with Gasteiger partial charge in [-0.2, -0.15) is 0 Å². The molecule has 2 nitrogen and oxygen atoms in total. The molecule has 2 atom stereocenters. The number of aryl methyl sites for hydroxylation is 1. The highest BCUT2D eigenvalue weighted by molar-refractivity contribution is 6.32. The standard InChI is InChI=1S/C15H21ClFNO/c1-9-7-8-11(17)12(13(9)16)14(18)15(19)10-5-3-2-4-6-10/h7-8,10,14-15,19H,2-6,18H2,1H3/t14-,15+/m1/s1. The molecule has 0 unspecified atom stereocenters. The molecule has 0 heterocycles. The SMILES string of the molecule is Cc1ccc(F)c([C@@H](N)[C@@H](O)C2CCCCC2)c1Cl. The molecule has 0 saturated heterocycles. The fourth-order valence-corrected chi connectivity index (χ4v) is 3.20. The van der Waals surface area contributed by atoms with Gasteiger partial charge in [-0.1, -0.05) is 36.9 Å². The van der Waals surface area contributed by atoms with Crippen molar-refractivity contribution in [2.75, 3.05) is 0 Å². The Hall–Kier alpha value is -0.640. The van der Waals surface area contributed by atoms with Crippen molar-refractivity contribution in [1.29, 1.82) is 0 Å². The van der Waals surface area contributed by atoms with Crippen LogP contribution in [0.2, 0.25) is 5.02 Å². The van der Waals surface area contributed by atoms with Crippen LogP contribution in [0.4, 0.5) is 4.39 Å². The van der Waals surface area contributed by atoms with Crippen molar-refractivity contribution in [2.24, 2.45) is 11.7 Å². The Bertz CT molecular complexity index is 446. The van der Waals surface area contributed by atoms with Gasteiger partial charge in [0.05, 0.1) is 17.2 Å². The first-order valence-corrected chi connectivity index (χ1v) is 7.28. The molecule has 0 aliphatic heterocycles. The van der Waals surface area contributed by atoms with Crippen LogP contribution in [0.25, 0.3) is 0 Å². The molecule has 0 spiro atoms. The molecular formula is C15H21ClFNO. The van der Waals surface area contributed by atoms with Crippen LogP contribution in [0, 0.1) is 18.7 Å². The molecule has 1 saturated carbocycles. The Kier molecular flexibility index (Phi) is 4.82. The van der Waals surface area contributed by atoms with Gasteiger partial charge in [0.15, 0.2) is 0 Å². The zero-order valence-electron chi connectivity index (χ0n) is 11.2. The Morgan fingerprint density at radius 3 is 2.58 bits per heavy atom. The van der Waals surface area contributed by atoms with Gasteiger partial charge in [-0.05, 0) is 37.3 Å². The predicted octanol–water partition coefficient (Wildman–Crippen LogP) is 3.73. The van der Waals surface area contributed by atoms with Gasteiger partial charge in [-0.3, -0.25) is 0 Å². The summed E-state index contributed by atoms with van der Waals surface area (Å²) in [6.07, 6.45) is 4.61. The summed E-state index contributed by atoms with van der Waals surface area (Å²) in [5.74, 6) is -0.280. The summed E-state index contributed by atoms with van der Waals surface area (Å²) in [6, 6.07) is 2.24. The number of halogens is 2. The van der Waals surface area contributed by atoms with E-state index >= 15 is 0 Å². The van der Waals surface area contributed by atoms with Gasteiger partial charge in [-0.15, -0.1) is 0 Å². The van der Waals surface area contributed by atoms with Crippen molar-refractivity contribution in [2.45, 2.75) is 51.2 Å². The van der Waals surface area contributed by atoms with Crippen LogP contribution in [0.5, 0.6) is 0 Å². The molecule has 0 amide bonds. The number of rotatable bonds is 3. The van der Waals surface area contributed by atoms with Crippen LogP contribution < -0.4 is 5.73 Å². The van der Waals surface area contributed by atoms with E-state index in [9.17, 15) is 9.50 Å². The highest BCUT2D eigenvalue weighted by Gasteiger charge is 2.30. The molecular weight excluding hydrogens is 265 g/mol. The lowest BCUT2D eigenvalue weighted by atomic mass is 9.81. The average Bonchev–Trinajstić information content (AvgIpc) is 2.43. The van der Waals surface area contributed by atoms with Gasteiger partial charge in [0, 0.05) is 5.56 Å². The number of aliphatic hydroxyl groups excluding tert-OH is 1. The van der Waals surface area contributed by atoms with Crippen LogP contribution in [0.15, 0.2) is 12.1 Å². The van der Waals surface area contributed by atoms with E-state index in [-0.39, 0.29) is 11.5 Å². The van der Waals surface area contributed by atoms with Crippen molar-refractivity contribution in [3.05, 3.63) is 34.1 Å². The molecule has 0 bridgehead atoms. The lowest BCUT2D eigenvalue weighted by molar-refractivity contribution is 0.0608. The first-order chi connectivity index (χ1) is 9.02. The minimum absolute atomic E-state index is 0.153. The van der Waals surface area contributed by atoms with E-state index in [1.54, 1.807) is 6.07 Å². The van der Waals surface area contributed by atoms with Crippen LogP contribution in [0.1, 0.15) is 49.3 Å².